The van der Waals surface area contributed by atoms with E-state index in [1.54, 1.807) is 24.3 Å². The maximum absolute atomic E-state index is 12.2. The van der Waals surface area contributed by atoms with Gasteiger partial charge in [-0.25, -0.2) is 4.79 Å². The lowest BCUT2D eigenvalue weighted by molar-refractivity contribution is -0.117. The zero-order valence-corrected chi connectivity index (χ0v) is 17.3. The summed E-state index contributed by atoms with van der Waals surface area (Å²) in [7, 11) is 1.41. The predicted molar refractivity (Wildman–Crippen MR) is 109 cm³/mol. The van der Waals surface area contributed by atoms with Crippen LogP contribution in [0.5, 0.6) is 11.5 Å². The van der Waals surface area contributed by atoms with E-state index in [2.05, 4.69) is 21.2 Å². The van der Waals surface area contributed by atoms with Crippen molar-refractivity contribution in [2.24, 2.45) is 0 Å². The molecule has 1 N–H and O–H groups in total. The molecule has 30 heavy (non-hydrogen) atoms. The topological polar surface area (TPSA) is 115 Å². The number of hydrogen-bond acceptors (Lipinski definition) is 7. The smallest absolute Gasteiger partial charge is 0.379 e. The molecule has 0 spiro atoms. The van der Waals surface area contributed by atoms with Gasteiger partial charge in [-0.1, -0.05) is 6.07 Å². The number of esters is 1. The minimum absolute atomic E-state index is 0.0212. The minimum atomic E-state index is -0.697. The summed E-state index contributed by atoms with van der Waals surface area (Å²) in [6.07, 6.45) is 2.89. The van der Waals surface area contributed by atoms with Crippen molar-refractivity contribution in [1.82, 2.24) is 5.32 Å². The largest absolute Gasteiger partial charge is 0.493 e. The van der Waals surface area contributed by atoms with Gasteiger partial charge in [0.2, 0.25) is 5.76 Å². The lowest BCUT2D eigenvalue weighted by atomic mass is 10.1. The highest BCUT2D eigenvalue weighted by Crippen LogP contribution is 2.30. The number of carbonyl (C=O) groups excluding carboxylic acids is 2. The van der Waals surface area contributed by atoms with Gasteiger partial charge in [0.15, 0.2) is 16.2 Å². The Hall–Kier alpha value is -3.77. The van der Waals surface area contributed by atoms with Crippen molar-refractivity contribution in [2.45, 2.75) is 6.54 Å². The summed E-state index contributed by atoms with van der Waals surface area (Å²) in [6, 6.07) is 12.9. The number of nitriles is 1. The number of rotatable bonds is 7. The number of amides is 1. The number of halogens is 1. The normalized spacial score (nSPS) is 10.9. The van der Waals surface area contributed by atoms with E-state index in [1.165, 1.54) is 37.6 Å². The highest BCUT2D eigenvalue weighted by molar-refractivity contribution is 9.10. The van der Waals surface area contributed by atoms with E-state index >= 15 is 0 Å². The molecule has 0 aliphatic heterocycles. The molecule has 2 aromatic heterocycles. The number of benzene rings is 1. The summed E-state index contributed by atoms with van der Waals surface area (Å²) in [5, 5.41) is 11.9. The first-order chi connectivity index (χ1) is 14.5. The fourth-order valence-electron chi connectivity index (χ4n) is 2.42. The number of nitrogens with zero attached hydrogens (tertiary/aromatic N) is 1. The average molecular weight is 471 g/mol. The van der Waals surface area contributed by atoms with Crippen LogP contribution in [-0.4, -0.2) is 19.0 Å². The molecule has 9 heteroatoms. The second-order valence-electron chi connectivity index (χ2n) is 5.84. The van der Waals surface area contributed by atoms with Crippen LogP contribution in [-0.2, 0) is 11.3 Å². The zero-order valence-electron chi connectivity index (χ0n) is 15.7. The van der Waals surface area contributed by atoms with E-state index in [4.69, 9.17) is 18.3 Å². The highest BCUT2D eigenvalue weighted by Gasteiger charge is 2.17. The van der Waals surface area contributed by atoms with Crippen LogP contribution in [0.3, 0.4) is 0 Å². The van der Waals surface area contributed by atoms with Crippen LogP contribution < -0.4 is 14.8 Å². The second-order valence-corrected chi connectivity index (χ2v) is 6.62. The van der Waals surface area contributed by atoms with Crippen molar-refractivity contribution in [3.63, 3.8) is 0 Å². The lowest BCUT2D eigenvalue weighted by Gasteiger charge is -2.09. The average Bonchev–Trinajstić information content (AvgIpc) is 3.42. The van der Waals surface area contributed by atoms with Gasteiger partial charge in [0.05, 0.1) is 19.9 Å². The van der Waals surface area contributed by atoms with Crippen LogP contribution in [0.2, 0.25) is 0 Å². The molecule has 3 rings (SSSR count). The van der Waals surface area contributed by atoms with E-state index in [0.717, 1.165) is 0 Å². The quantitative estimate of drug-likeness (QED) is 0.239. The fraction of sp³-hybridized carbons (Fsp3) is 0.0952. The molecule has 0 bridgehead atoms. The van der Waals surface area contributed by atoms with Crippen molar-refractivity contribution in [3.05, 3.63) is 76.1 Å². The molecule has 0 saturated carbocycles. The Labute approximate surface area is 179 Å². The van der Waals surface area contributed by atoms with Crippen molar-refractivity contribution in [1.29, 1.82) is 5.26 Å². The Kier molecular flexibility index (Phi) is 6.72. The summed E-state index contributed by atoms with van der Waals surface area (Å²) < 4.78 is 21.3. The maximum Gasteiger partial charge on any atom is 0.379 e. The molecule has 0 aliphatic carbocycles. The van der Waals surface area contributed by atoms with Crippen molar-refractivity contribution in [3.8, 4) is 17.6 Å². The molecule has 152 valence electrons. The Bertz CT molecular complexity index is 1120. The number of hydrogen-bond donors (Lipinski definition) is 1. The van der Waals surface area contributed by atoms with Crippen LogP contribution >= 0.6 is 15.9 Å². The van der Waals surface area contributed by atoms with Gasteiger partial charge in [0, 0.05) is 0 Å². The molecular formula is C21H15BrN2O6. The SMILES string of the molecule is COc1cc(/C=C(\C#N)C(=O)NCc2ccco2)ccc1OC(=O)c1ccc(Br)o1. The van der Waals surface area contributed by atoms with Gasteiger partial charge in [-0.05, 0) is 64.0 Å². The molecule has 0 unspecified atom stereocenters. The number of nitrogens with one attached hydrogen (secondary N) is 1. The molecule has 0 saturated heterocycles. The standard InChI is InChI=1S/C21H15BrN2O6/c1-27-18-10-13(4-5-16(18)30-21(26)17-6-7-19(22)29-17)9-14(11-23)20(25)24-12-15-3-2-8-28-15/h2-10H,12H2,1H3,(H,24,25)/b14-9+. The third-order valence-corrected chi connectivity index (χ3v) is 4.27. The molecular weight excluding hydrogens is 456 g/mol. The monoisotopic (exact) mass is 470 g/mol. The van der Waals surface area contributed by atoms with Crippen LogP contribution in [0.15, 0.2) is 67.8 Å². The van der Waals surface area contributed by atoms with Crippen LogP contribution in [0.1, 0.15) is 21.9 Å². The lowest BCUT2D eigenvalue weighted by Crippen LogP contribution is -2.23. The minimum Gasteiger partial charge on any atom is -0.493 e. The molecule has 1 amide bonds. The van der Waals surface area contributed by atoms with E-state index in [1.807, 2.05) is 6.07 Å². The van der Waals surface area contributed by atoms with Crippen LogP contribution in [0.4, 0.5) is 0 Å². The third kappa shape index (κ3) is 5.18. The summed E-state index contributed by atoms with van der Waals surface area (Å²) in [5.41, 5.74) is 0.408. The summed E-state index contributed by atoms with van der Waals surface area (Å²) in [4.78, 5) is 24.4. The van der Waals surface area contributed by atoms with Crippen molar-refractivity contribution < 1.29 is 27.9 Å². The fourth-order valence-corrected chi connectivity index (χ4v) is 2.73. The third-order valence-electron chi connectivity index (χ3n) is 3.84. The number of methoxy groups -OCH3 is 1. The van der Waals surface area contributed by atoms with Crippen molar-refractivity contribution in [2.75, 3.05) is 7.11 Å². The van der Waals surface area contributed by atoms with E-state index < -0.39 is 11.9 Å². The molecule has 3 aromatic rings. The van der Waals surface area contributed by atoms with Gasteiger partial charge in [0.1, 0.15) is 17.4 Å². The van der Waals surface area contributed by atoms with E-state index in [0.29, 0.717) is 16.0 Å². The van der Waals surface area contributed by atoms with Gasteiger partial charge in [0.25, 0.3) is 5.91 Å². The molecule has 0 aliphatic rings. The molecule has 8 nitrogen and oxygen atoms in total. The van der Waals surface area contributed by atoms with Crippen LogP contribution in [0, 0.1) is 11.3 Å². The molecule has 2 heterocycles. The van der Waals surface area contributed by atoms with Gasteiger partial charge >= 0.3 is 5.97 Å². The molecule has 0 radical (unpaired) electrons. The highest BCUT2D eigenvalue weighted by atomic mass is 79.9. The molecule has 0 fully saturated rings. The van der Waals surface area contributed by atoms with Crippen molar-refractivity contribution >= 4 is 33.9 Å². The summed E-state index contributed by atoms with van der Waals surface area (Å²) in [5.74, 6) is -0.252. The Morgan fingerprint density at radius 3 is 2.70 bits per heavy atom. The first kappa shape index (κ1) is 21.0. The van der Waals surface area contributed by atoms with Crippen LogP contribution in [0.25, 0.3) is 6.08 Å². The van der Waals surface area contributed by atoms with Gasteiger partial charge in [-0.15, -0.1) is 0 Å². The zero-order chi connectivity index (χ0) is 21.5. The molecule has 1 aromatic carbocycles. The Morgan fingerprint density at radius 1 is 1.23 bits per heavy atom. The van der Waals surface area contributed by atoms with Gasteiger partial charge < -0.3 is 23.6 Å². The molecule has 0 atom stereocenters. The second kappa shape index (κ2) is 9.62. The van der Waals surface area contributed by atoms with E-state index in [-0.39, 0.29) is 29.4 Å². The maximum atomic E-state index is 12.2. The van der Waals surface area contributed by atoms with E-state index in [9.17, 15) is 14.9 Å². The first-order valence-electron chi connectivity index (χ1n) is 8.58. The Morgan fingerprint density at radius 2 is 2.07 bits per heavy atom. The number of furan rings is 2. The Balaban J connectivity index is 1.74. The predicted octanol–water partition coefficient (Wildman–Crippen LogP) is 4.09. The number of carbonyl (C=O) groups is 2. The number of ether oxygens (including phenoxy) is 2. The summed E-state index contributed by atoms with van der Waals surface area (Å²) in [6.45, 7) is 0.159. The van der Waals surface area contributed by atoms with Gasteiger partial charge in [-0.2, -0.15) is 5.26 Å². The summed E-state index contributed by atoms with van der Waals surface area (Å²) >= 11 is 3.12. The van der Waals surface area contributed by atoms with Gasteiger partial charge in [-0.3, -0.25) is 4.79 Å². The first-order valence-corrected chi connectivity index (χ1v) is 9.37.